The number of ether oxygens (including phenoxy) is 1. The van der Waals surface area contributed by atoms with Gasteiger partial charge in [0.15, 0.2) is 0 Å². The minimum absolute atomic E-state index is 0.305. The molecule has 0 aromatic heterocycles. The highest BCUT2D eigenvalue weighted by atomic mass is 19.3. The van der Waals surface area contributed by atoms with Gasteiger partial charge in [-0.15, -0.1) is 0 Å². The van der Waals surface area contributed by atoms with Crippen LogP contribution in [0.1, 0.15) is 34.6 Å². The Morgan fingerprint density at radius 3 is 2.22 bits per heavy atom. The second-order valence-corrected chi connectivity index (χ2v) is 5.74. The summed E-state index contributed by atoms with van der Waals surface area (Å²) in [6.45, 7) is 8.23. The van der Waals surface area contributed by atoms with Crippen LogP contribution < -0.4 is 10.6 Å². The number of hydrogen-bond acceptors (Lipinski definition) is 3. The molecule has 0 unspecified atom stereocenters. The highest BCUT2D eigenvalue weighted by Crippen LogP contribution is 2.11. The summed E-state index contributed by atoms with van der Waals surface area (Å²) in [5, 5.41) is 4.72. The molecule has 0 aromatic carbocycles. The number of nitrogens with one attached hydrogen (secondary N) is 2. The second-order valence-electron chi connectivity index (χ2n) is 5.74. The minimum atomic E-state index is -2.98. The molecule has 0 heterocycles. The number of rotatable bonds is 6. The summed E-state index contributed by atoms with van der Waals surface area (Å²) in [7, 11) is 0. The molecule has 4 nitrogen and oxygen atoms in total. The molecule has 0 atom stereocenters. The standard InChI is InChI=1S/C12H24F2N2O2/c1-9(2)6-15-7-12(13,14)8-16-10(17)18-11(3,4)5/h9,15H,6-8H2,1-5H3,(H,16,17). The average molecular weight is 266 g/mol. The van der Waals surface area contributed by atoms with Crippen LogP contribution in [0.5, 0.6) is 0 Å². The van der Waals surface area contributed by atoms with Gasteiger partial charge < -0.3 is 15.4 Å². The van der Waals surface area contributed by atoms with Gasteiger partial charge in [-0.25, -0.2) is 13.6 Å². The van der Waals surface area contributed by atoms with E-state index in [4.69, 9.17) is 4.74 Å². The predicted molar refractivity (Wildman–Crippen MR) is 66.9 cm³/mol. The summed E-state index contributed by atoms with van der Waals surface area (Å²) in [5.41, 5.74) is -0.685. The zero-order valence-corrected chi connectivity index (χ0v) is 11.8. The van der Waals surface area contributed by atoms with Gasteiger partial charge in [0.05, 0.1) is 13.1 Å². The van der Waals surface area contributed by atoms with E-state index in [1.54, 1.807) is 20.8 Å². The van der Waals surface area contributed by atoms with Crippen molar-refractivity contribution in [1.82, 2.24) is 10.6 Å². The number of carbonyl (C=O) groups excluding carboxylic acids is 1. The summed E-state index contributed by atoms with van der Waals surface area (Å²) in [5.74, 6) is -2.68. The fourth-order valence-electron chi connectivity index (χ4n) is 1.12. The van der Waals surface area contributed by atoms with Crippen molar-refractivity contribution in [2.45, 2.75) is 46.1 Å². The molecular weight excluding hydrogens is 242 g/mol. The van der Waals surface area contributed by atoms with E-state index in [2.05, 4.69) is 10.6 Å². The van der Waals surface area contributed by atoms with Crippen LogP contribution in [0, 0.1) is 5.92 Å². The molecule has 0 aliphatic heterocycles. The average Bonchev–Trinajstić information content (AvgIpc) is 2.11. The van der Waals surface area contributed by atoms with Crippen molar-refractivity contribution in [3.05, 3.63) is 0 Å². The van der Waals surface area contributed by atoms with Gasteiger partial charge in [0, 0.05) is 0 Å². The van der Waals surface area contributed by atoms with Gasteiger partial charge in [-0.05, 0) is 33.2 Å². The molecule has 18 heavy (non-hydrogen) atoms. The largest absolute Gasteiger partial charge is 0.444 e. The maximum atomic E-state index is 13.3. The van der Waals surface area contributed by atoms with E-state index < -0.39 is 30.7 Å². The second kappa shape index (κ2) is 6.87. The zero-order chi connectivity index (χ0) is 14.4. The zero-order valence-electron chi connectivity index (χ0n) is 11.8. The lowest BCUT2D eigenvalue weighted by Gasteiger charge is -2.22. The maximum absolute atomic E-state index is 13.3. The van der Waals surface area contributed by atoms with Gasteiger partial charge in [0.1, 0.15) is 5.60 Å². The van der Waals surface area contributed by atoms with Crippen LogP contribution >= 0.6 is 0 Å². The van der Waals surface area contributed by atoms with E-state index in [9.17, 15) is 13.6 Å². The number of hydrogen-bond donors (Lipinski definition) is 2. The van der Waals surface area contributed by atoms with E-state index in [1.807, 2.05) is 13.8 Å². The van der Waals surface area contributed by atoms with E-state index in [0.717, 1.165) is 0 Å². The molecule has 0 rings (SSSR count). The monoisotopic (exact) mass is 266 g/mol. The Bertz CT molecular complexity index is 263. The lowest BCUT2D eigenvalue weighted by molar-refractivity contribution is -0.00384. The Balaban J connectivity index is 3.92. The highest BCUT2D eigenvalue weighted by Gasteiger charge is 2.30. The first kappa shape index (κ1) is 17.1. The molecule has 0 fully saturated rings. The first-order valence-electron chi connectivity index (χ1n) is 6.07. The number of halogens is 2. The topological polar surface area (TPSA) is 50.4 Å². The first-order valence-corrected chi connectivity index (χ1v) is 6.07. The lowest BCUT2D eigenvalue weighted by atomic mass is 10.2. The number of alkyl carbamates (subject to hydrolysis) is 1. The Hall–Kier alpha value is -0.910. The number of amides is 1. The van der Waals surface area contributed by atoms with Gasteiger partial charge in [-0.2, -0.15) is 0 Å². The summed E-state index contributed by atoms with van der Waals surface area (Å²) < 4.78 is 31.5. The third-order valence-electron chi connectivity index (χ3n) is 1.83. The fraction of sp³-hybridized carbons (Fsp3) is 0.917. The molecule has 0 saturated heterocycles. The van der Waals surface area contributed by atoms with Crippen LogP contribution in [0.3, 0.4) is 0 Å². The van der Waals surface area contributed by atoms with Crippen molar-refractivity contribution in [2.24, 2.45) is 5.92 Å². The van der Waals surface area contributed by atoms with Crippen molar-refractivity contribution in [2.75, 3.05) is 19.6 Å². The third kappa shape index (κ3) is 10.3. The third-order valence-corrected chi connectivity index (χ3v) is 1.83. The SMILES string of the molecule is CC(C)CNCC(F)(F)CNC(=O)OC(C)(C)C. The van der Waals surface area contributed by atoms with Crippen LogP contribution in [-0.2, 0) is 4.74 Å². The van der Waals surface area contributed by atoms with E-state index in [-0.39, 0.29) is 0 Å². The summed E-state index contributed by atoms with van der Waals surface area (Å²) in [6, 6.07) is 0. The molecule has 6 heteroatoms. The van der Waals surface area contributed by atoms with Crippen LogP contribution in [0.25, 0.3) is 0 Å². The first-order chi connectivity index (χ1) is 8.02. The smallest absolute Gasteiger partial charge is 0.407 e. The van der Waals surface area contributed by atoms with Gasteiger partial charge in [-0.1, -0.05) is 13.8 Å². The summed E-state index contributed by atoms with van der Waals surface area (Å²) in [6.07, 6.45) is -0.828. The minimum Gasteiger partial charge on any atom is -0.444 e. The molecule has 0 aliphatic rings. The van der Waals surface area contributed by atoms with E-state index >= 15 is 0 Å². The molecule has 108 valence electrons. The number of carbonyl (C=O) groups is 1. The number of alkyl halides is 2. The molecule has 0 radical (unpaired) electrons. The Morgan fingerprint density at radius 2 is 1.78 bits per heavy atom. The Morgan fingerprint density at radius 1 is 1.22 bits per heavy atom. The van der Waals surface area contributed by atoms with Crippen molar-refractivity contribution >= 4 is 6.09 Å². The molecule has 0 saturated carbocycles. The molecule has 0 bridgehead atoms. The van der Waals surface area contributed by atoms with Crippen LogP contribution in [0.4, 0.5) is 13.6 Å². The highest BCUT2D eigenvalue weighted by molar-refractivity contribution is 5.67. The van der Waals surface area contributed by atoms with Gasteiger partial charge >= 0.3 is 6.09 Å². The maximum Gasteiger partial charge on any atom is 0.407 e. The fourth-order valence-corrected chi connectivity index (χ4v) is 1.12. The van der Waals surface area contributed by atoms with E-state index in [0.29, 0.717) is 12.5 Å². The van der Waals surface area contributed by atoms with Crippen molar-refractivity contribution in [3.8, 4) is 0 Å². The predicted octanol–water partition coefficient (Wildman–Crippen LogP) is 2.39. The van der Waals surface area contributed by atoms with Gasteiger partial charge in [0.2, 0.25) is 0 Å². The molecule has 1 amide bonds. The van der Waals surface area contributed by atoms with Crippen molar-refractivity contribution in [3.63, 3.8) is 0 Å². The van der Waals surface area contributed by atoms with Crippen molar-refractivity contribution in [1.29, 1.82) is 0 Å². The summed E-state index contributed by atoms with van der Waals surface area (Å²) >= 11 is 0. The van der Waals surface area contributed by atoms with Crippen LogP contribution in [-0.4, -0.2) is 37.3 Å². The van der Waals surface area contributed by atoms with Gasteiger partial charge in [-0.3, -0.25) is 0 Å². The molecule has 2 N–H and O–H groups in total. The normalized spacial score (nSPS) is 12.7. The Kier molecular flexibility index (Phi) is 6.52. The molecule has 0 spiro atoms. The molecule has 0 aromatic rings. The Labute approximate surface area is 107 Å². The van der Waals surface area contributed by atoms with E-state index in [1.165, 1.54) is 0 Å². The van der Waals surface area contributed by atoms with Crippen LogP contribution in [0.2, 0.25) is 0 Å². The lowest BCUT2D eigenvalue weighted by Crippen LogP contribution is -2.45. The molecular formula is C12H24F2N2O2. The van der Waals surface area contributed by atoms with Crippen LogP contribution in [0.15, 0.2) is 0 Å². The quantitative estimate of drug-likeness (QED) is 0.776. The van der Waals surface area contributed by atoms with Gasteiger partial charge in [0.25, 0.3) is 5.92 Å². The molecule has 0 aliphatic carbocycles. The summed E-state index contributed by atoms with van der Waals surface area (Å²) in [4.78, 5) is 11.2. The van der Waals surface area contributed by atoms with Crippen molar-refractivity contribution < 1.29 is 18.3 Å².